The average Bonchev–Trinajstić information content (AvgIpc) is 2.35. The molecule has 0 saturated carbocycles. The van der Waals surface area contributed by atoms with E-state index >= 15 is 0 Å². The lowest BCUT2D eigenvalue weighted by molar-refractivity contribution is -0.124. The third-order valence-electron chi connectivity index (χ3n) is 2.82. The van der Waals surface area contributed by atoms with E-state index in [2.05, 4.69) is 40.4 Å². The van der Waals surface area contributed by atoms with E-state index in [0.717, 1.165) is 22.3 Å². The quantitative estimate of drug-likeness (QED) is 0.820. The van der Waals surface area contributed by atoms with Crippen LogP contribution in [-0.4, -0.2) is 24.6 Å². The molecule has 21 heavy (non-hydrogen) atoms. The topological polar surface area (TPSA) is 50.4 Å². The normalized spacial score (nSPS) is 12.9. The van der Waals surface area contributed by atoms with Gasteiger partial charge in [-0.05, 0) is 52.4 Å². The summed E-state index contributed by atoms with van der Waals surface area (Å²) >= 11 is 3.47. The van der Waals surface area contributed by atoms with Gasteiger partial charge in [-0.15, -0.1) is 0 Å². The Balaban J connectivity index is 2.76. The van der Waals surface area contributed by atoms with Gasteiger partial charge < -0.3 is 15.4 Å². The number of hydrogen-bond acceptors (Lipinski definition) is 3. The van der Waals surface area contributed by atoms with Crippen LogP contribution in [0.2, 0.25) is 0 Å². The van der Waals surface area contributed by atoms with E-state index in [0.29, 0.717) is 0 Å². The Hall–Kier alpha value is -1.07. The highest BCUT2D eigenvalue weighted by atomic mass is 79.9. The molecule has 4 nitrogen and oxygen atoms in total. The first-order valence-corrected chi connectivity index (χ1v) is 7.99. The van der Waals surface area contributed by atoms with Crippen molar-refractivity contribution in [3.63, 3.8) is 0 Å². The molecule has 1 amide bonds. The molecule has 5 heteroatoms. The largest absolute Gasteiger partial charge is 0.483 e. The summed E-state index contributed by atoms with van der Waals surface area (Å²) in [5, 5.41) is 6.24. The van der Waals surface area contributed by atoms with E-state index in [1.165, 1.54) is 0 Å². The van der Waals surface area contributed by atoms with Gasteiger partial charge >= 0.3 is 0 Å². The highest BCUT2D eigenvalue weighted by molar-refractivity contribution is 9.10. The first-order valence-electron chi connectivity index (χ1n) is 7.19. The lowest BCUT2D eigenvalue weighted by Crippen LogP contribution is -2.43. The SMILES string of the molecule is CCNC(C)c1cc(Br)ccc1OCC(=O)NC(C)(C)C. The van der Waals surface area contributed by atoms with Gasteiger partial charge in [0.1, 0.15) is 5.75 Å². The maximum atomic E-state index is 11.8. The Morgan fingerprint density at radius 2 is 2.05 bits per heavy atom. The Labute approximate surface area is 135 Å². The van der Waals surface area contributed by atoms with E-state index in [1.807, 2.05) is 39.0 Å². The number of ether oxygens (including phenoxy) is 1. The molecule has 1 unspecified atom stereocenters. The van der Waals surface area contributed by atoms with Gasteiger partial charge in [-0.2, -0.15) is 0 Å². The number of carbonyl (C=O) groups is 1. The van der Waals surface area contributed by atoms with Crippen LogP contribution in [-0.2, 0) is 4.79 Å². The number of rotatable bonds is 6. The van der Waals surface area contributed by atoms with E-state index in [4.69, 9.17) is 4.74 Å². The molecular weight excluding hydrogens is 332 g/mol. The maximum Gasteiger partial charge on any atom is 0.258 e. The molecular formula is C16H25BrN2O2. The second kappa shape index (κ2) is 7.80. The highest BCUT2D eigenvalue weighted by Gasteiger charge is 2.16. The molecule has 1 rings (SSSR count). The number of halogens is 1. The predicted octanol–water partition coefficient (Wildman–Crippen LogP) is 3.41. The van der Waals surface area contributed by atoms with Crippen LogP contribution in [0.1, 0.15) is 46.2 Å². The average molecular weight is 357 g/mol. The summed E-state index contributed by atoms with van der Waals surface area (Å²) in [5.74, 6) is 0.614. The zero-order valence-electron chi connectivity index (χ0n) is 13.4. The maximum absolute atomic E-state index is 11.8. The van der Waals surface area contributed by atoms with E-state index in [1.54, 1.807) is 0 Å². The number of benzene rings is 1. The van der Waals surface area contributed by atoms with Crippen molar-refractivity contribution in [2.75, 3.05) is 13.2 Å². The number of hydrogen-bond donors (Lipinski definition) is 2. The van der Waals surface area contributed by atoms with Crippen LogP contribution in [0.3, 0.4) is 0 Å². The van der Waals surface area contributed by atoms with Crippen molar-refractivity contribution in [1.82, 2.24) is 10.6 Å². The minimum atomic E-state index is -0.250. The van der Waals surface area contributed by atoms with Crippen molar-refractivity contribution < 1.29 is 9.53 Å². The molecule has 118 valence electrons. The molecule has 0 spiro atoms. The van der Waals surface area contributed by atoms with Crippen LogP contribution < -0.4 is 15.4 Å². The van der Waals surface area contributed by atoms with E-state index in [9.17, 15) is 4.79 Å². The molecule has 0 bridgehead atoms. The fourth-order valence-electron chi connectivity index (χ4n) is 2.00. The van der Waals surface area contributed by atoms with E-state index in [-0.39, 0.29) is 24.1 Å². The van der Waals surface area contributed by atoms with Crippen molar-refractivity contribution in [2.24, 2.45) is 0 Å². The number of carbonyl (C=O) groups excluding carboxylic acids is 1. The molecule has 0 aliphatic heterocycles. The summed E-state index contributed by atoms with van der Waals surface area (Å²) in [6, 6.07) is 5.98. The summed E-state index contributed by atoms with van der Waals surface area (Å²) < 4.78 is 6.69. The monoisotopic (exact) mass is 356 g/mol. The number of amides is 1. The van der Waals surface area contributed by atoms with Gasteiger partial charge in [0.2, 0.25) is 0 Å². The first kappa shape index (κ1) is 18.0. The molecule has 1 aromatic carbocycles. The predicted molar refractivity (Wildman–Crippen MR) is 89.6 cm³/mol. The van der Waals surface area contributed by atoms with Gasteiger partial charge in [-0.3, -0.25) is 4.79 Å². The molecule has 0 saturated heterocycles. The van der Waals surface area contributed by atoms with Crippen molar-refractivity contribution in [3.05, 3.63) is 28.2 Å². The fourth-order valence-corrected chi connectivity index (χ4v) is 2.38. The van der Waals surface area contributed by atoms with Crippen molar-refractivity contribution in [2.45, 2.75) is 46.2 Å². The van der Waals surface area contributed by atoms with Crippen LogP contribution >= 0.6 is 15.9 Å². The van der Waals surface area contributed by atoms with Gasteiger partial charge in [-0.25, -0.2) is 0 Å². The molecule has 2 N–H and O–H groups in total. The van der Waals surface area contributed by atoms with Crippen LogP contribution in [0, 0.1) is 0 Å². The van der Waals surface area contributed by atoms with Gasteiger partial charge in [0.15, 0.2) is 6.61 Å². The van der Waals surface area contributed by atoms with Crippen LogP contribution in [0.15, 0.2) is 22.7 Å². The molecule has 0 radical (unpaired) electrons. The molecule has 0 aliphatic rings. The van der Waals surface area contributed by atoms with Gasteiger partial charge in [0.25, 0.3) is 5.91 Å². The van der Waals surface area contributed by atoms with E-state index < -0.39 is 0 Å². The summed E-state index contributed by atoms with van der Waals surface area (Å²) in [6.07, 6.45) is 0. The van der Waals surface area contributed by atoms with Crippen LogP contribution in [0.25, 0.3) is 0 Å². The van der Waals surface area contributed by atoms with Crippen molar-refractivity contribution >= 4 is 21.8 Å². The van der Waals surface area contributed by atoms with Crippen molar-refractivity contribution in [3.8, 4) is 5.75 Å². The van der Waals surface area contributed by atoms with Crippen molar-refractivity contribution in [1.29, 1.82) is 0 Å². The standard InChI is InChI=1S/C16H25BrN2O2/c1-6-18-11(2)13-9-12(17)7-8-14(13)21-10-15(20)19-16(3,4)5/h7-9,11,18H,6,10H2,1-5H3,(H,19,20). The van der Waals surface area contributed by atoms with Gasteiger partial charge in [0.05, 0.1) is 0 Å². The van der Waals surface area contributed by atoms with Gasteiger partial charge in [0, 0.05) is 21.6 Å². The fraction of sp³-hybridized carbons (Fsp3) is 0.562. The molecule has 0 aromatic heterocycles. The third-order valence-corrected chi connectivity index (χ3v) is 3.32. The summed E-state index contributed by atoms with van der Waals surface area (Å²) in [5.41, 5.74) is 0.787. The Morgan fingerprint density at radius 3 is 2.62 bits per heavy atom. The molecule has 1 aromatic rings. The smallest absolute Gasteiger partial charge is 0.258 e. The molecule has 0 heterocycles. The highest BCUT2D eigenvalue weighted by Crippen LogP contribution is 2.28. The summed E-state index contributed by atoms with van der Waals surface area (Å²) in [4.78, 5) is 11.8. The Kier molecular flexibility index (Phi) is 6.68. The lowest BCUT2D eigenvalue weighted by atomic mass is 10.1. The Bertz CT molecular complexity index is 484. The lowest BCUT2D eigenvalue weighted by Gasteiger charge is -2.22. The van der Waals surface area contributed by atoms with Crippen LogP contribution in [0.5, 0.6) is 5.75 Å². The summed E-state index contributed by atoms with van der Waals surface area (Å²) in [7, 11) is 0. The second-order valence-corrected chi connectivity index (χ2v) is 6.96. The summed E-state index contributed by atoms with van der Waals surface area (Å²) in [6.45, 7) is 10.9. The first-order chi connectivity index (χ1) is 9.73. The molecule has 0 aliphatic carbocycles. The van der Waals surface area contributed by atoms with Crippen LogP contribution in [0.4, 0.5) is 0 Å². The Morgan fingerprint density at radius 1 is 1.38 bits per heavy atom. The van der Waals surface area contributed by atoms with Gasteiger partial charge in [-0.1, -0.05) is 22.9 Å². The number of nitrogens with one attached hydrogen (secondary N) is 2. The third kappa shape index (κ3) is 6.48. The molecule has 1 atom stereocenters. The minimum Gasteiger partial charge on any atom is -0.483 e. The zero-order valence-corrected chi connectivity index (χ0v) is 15.0. The zero-order chi connectivity index (χ0) is 16.0. The molecule has 0 fully saturated rings. The minimum absolute atomic E-state index is 0.0186. The second-order valence-electron chi connectivity index (χ2n) is 6.05.